The predicted molar refractivity (Wildman–Crippen MR) is 111 cm³/mol. The Bertz CT molecular complexity index is 1050. The van der Waals surface area contributed by atoms with E-state index in [1.807, 2.05) is 0 Å². The summed E-state index contributed by atoms with van der Waals surface area (Å²) in [5.41, 5.74) is 3.78. The van der Waals surface area contributed by atoms with Crippen molar-refractivity contribution in [2.24, 2.45) is 5.10 Å². The van der Waals surface area contributed by atoms with Crippen molar-refractivity contribution < 1.29 is 19.1 Å². The third-order valence-corrected chi connectivity index (χ3v) is 4.22. The van der Waals surface area contributed by atoms with Crippen molar-refractivity contribution in [1.82, 2.24) is 5.43 Å². The van der Waals surface area contributed by atoms with Gasteiger partial charge in [-0.25, -0.2) is 10.2 Å². The van der Waals surface area contributed by atoms with Gasteiger partial charge in [0.25, 0.3) is 5.91 Å². The molecule has 29 heavy (non-hydrogen) atoms. The van der Waals surface area contributed by atoms with Crippen LogP contribution >= 0.6 is 11.6 Å². The molecule has 0 bridgehead atoms. The molecular weight excluding hydrogens is 392 g/mol. The van der Waals surface area contributed by atoms with Crippen molar-refractivity contribution in [2.75, 3.05) is 7.11 Å². The van der Waals surface area contributed by atoms with Crippen LogP contribution in [0.3, 0.4) is 0 Å². The molecule has 3 aromatic carbocycles. The van der Waals surface area contributed by atoms with E-state index in [1.54, 1.807) is 79.9 Å². The number of carbonyl (C=O) groups is 2. The van der Waals surface area contributed by atoms with Crippen molar-refractivity contribution in [3.05, 3.63) is 94.5 Å². The van der Waals surface area contributed by atoms with E-state index in [0.717, 1.165) is 0 Å². The summed E-state index contributed by atoms with van der Waals surface area (Å²) in [4.78, 5) is 24.3. The lowest BCUT2D eigenvalue weighted by Crippen LogP contribution is -2.17. The van der Waals surface area contributed by atoms with E-state index >= 15 is 0 Å². The summed E-state index contributed by atoms with van der Waals surface area (Å²) in [5.74, 6) is 0.0912. The van der Waals surface area contributed by atoms with Crippen LogP contribution in [-0.4, -0.2) is 25.2 Å². The molecule has 0 spiro atoms. The number of methoxy groups -OCH3 is 1. The van der Waals surface area contributed by atoms with E-state index in [1.165, 1.54) is 6.21 Å². The van der Waals surface area contributed by atoms with Gasteiger partial charge in [0, 0.05) is 0 Å². The number of hydrogen-bond donors (Lipinski definition) is 1. The second-order valence-electron chi connectivity index (χ2n) is 5.87. The molecule has 0 aliphatic heterocycles. The molecule has 0 radical (unpaired) electrons. The molecule has 3 aromatic rings. The van der Waals surface area contributed by atoms with Crippen molar-refractivity contribution in [2.45, 2.75) is 0 Å². The molecule has 6 nitrogen and oxygen atoms in total. The monoisotopic (exact) mass is 408 g/mol. The molecule has 0 fully saturated rings. The Morgan fingerprint density at radius 3 is 2.45 bits per heavy atom. The highest BCUT2D eigenvalue weighted by Gasteiger charge is 2.10. The van der Waals surface area contributed by atoms with Crippen LogP contribution in [0.25, 0.3) is 0 Å². The fraction of sp³-hybridized carbons (Fsp3) is 0.0455. The van der Waals surface area contributed by atoms with E-state index in [9.17, 15) is 9.59 Å². The number of nitrogens with zero attached hydrogens (tertiary/aromatic N) is 1. The zero-order chi connectivity index (χ0) is 20.6. The maximum atomic E-state index is 12.3. The fourth-order valence-electron chi connectivity index (χ4n) is 2.42. The summed E-state index contributed by atoms with van der Waals surface area (Å²) in [6.07, 6.45) is 1.44. The summed E-state index contributed by atoms with van der Waals surface area (Å²) in [5, 5.41) is 4.26. The van der Waals surface area contributed by atoms with E-state index in [2.05, 4.69) is 10.5 Å². The average molecular weight is 409 g/mol. The number of esters is 1. The minimum atomic E-state index is -0.492. The van der Waals surface area contributed by atoms with Gasteiger partial charge in [0.15, 0.2) is 0 Å². The number of nitrogens with one attached hydrogen (secondary N) is 1. The SMILES string of the molecule is COc1ccc(C(=O)Oc2cccc(/C=N\NC(=O)c3ccccc3Cl)c2)cc1. The first-order chi connectivity index (χ1) is 14.1. The molecule has 0 atom stereocenters. The van der Waals surface area contributed by atoms with Gasteiger partial charge < -0.3 is 9.47 Å². The van der Waals surface area contributed by atoms with Gasteiger partial charge in [-0.3, -0.25) is 4.79 Å². The van der Waals surface area contributed by atoms with Crippen LogP contribution in [0, 0.1) is 0 Å². The van der Waals surface area contributed by atoms with Gasteiger partial charge in [-0.05, 0) is 54.1 Å². The molecular formula is C22H17ClN2O4. The first-order valence-corrected chi connectivity index (χ1v) is 8.99. The number of hydrogen-bond acceptors (Lipinski definition) is 5. The zero-order valence-electron chi connectivity index (χ0n) is 15.5. The molecule has 0 aliphatic rings. The van der Waals surface area contributed by atoms with Crippen molar-refractivity contribution in [3.63, 3.8) is 0 Å². The molecule has 7 heteroatoms. The minimum absolute atomic E-state index is 0.327. The minimum Gasteiger partial charge on any atom is -0.497 e. The first-order valence-electron chi connectivity index (χ1n) is 8.61. The van der Waals surface area contributed by atoms with E-state index in [4.69, 9.17) is 21.1 Å². The zero-order valence-corrected chi connectivity index (χ0v) is 16.2. The quantitative estimate of drug-likeness (QED) is 0.285. The molecule has 0 heterocycles. The molecule has 1 amide bonds. The lowest BCUT2D eigenvalue weighted by atomic mass is 10.2. The molecule has 0 unspecified atom stereocenters. The van der Waals surface area contributed by atoms with Crippen LogP contribution in [0.4, 0.5) is 0 Å². The Balaban J connectivity index is 1.63. The number of benzene rings is 3. The average Bonchev–Trinajstić information content (AvgIpc) is 2.74. The summed E-state index contributed by atoms with van der Waals surface area (Å²) < 4.78 is 10.4. The summed E-state index contributed by atoms with van der Waals surface area (Å²) in [6, 6.07) is 20.0. The predicted octanol–water partition coefficient (Wildman–Crippen LogP) is 4.33. The van der Waals surface area contributed by atoms with Gasteiger partial charge in [-0.15, -0.1) is 0 Å². The molecule has 3 rings (SSSR count). The van der Waals surface area contributed by atoms with Gasteiger partial charge in [0.1, 0.15) is 11.5 Å². The molecule has 1 N–H and O–H groups in total. The Morgan fingerprint density at radius 2 is 1.72 bits per heavy atom. The standard InChI is InChI=1S/C22H17ClN2O4/c1-28-17-11-9-16(10-12-17)22(27)29-18-6-4-5-15(13-18)14-24-25-21(26)19-7-2-3-8-20(19)23/h2-14H,1H3,(H,25,26)/b24-14-. The van der Waals surface area contributed by atoms with Crippen molar-refractivity contribution in [3.8, 4) is 11.5 Å². The van der Waals surface area contributed by atoms with Crippen LogP contribution in [0.15, 0.2) is 77.9 Å². The first kappa shape index (κ1) is 20.1. The third-order valence-electron chi connectivity index (χ3n) is 3.89. The fourth-order valence-corrected chi connectivity index (χ4v) is 2.64. The molecule has 146 valence electrons. The Kier molecular flexibility index (Phi) is 6.60. The highest BCUT2D eigenvalue weighted by molar-refractivity contribution is 6.33. The van der Waals surface area contributed by atoms with Crippen LogP contribution in [-0.2, 0) is 0 Å². The van der Waals surface area contributed by atoms with Gasteiger partial charge in [0.05, 0.1) is 29.5 Å². The van der Waals surface area contributed by atoms with E-state index in [-0.39, 0.29) is 0 Å². The largest absolute Gasteiger partial charge is 0.497 e. The van der Waals surface area contributed by atoms with Gasteiger partial charge in [-0.1, -0.05) is 35.9 Å². The number of amides is 1. The second kappa shape index (κ2) is 9.52. The third kappa shape index (κ3) is 5.43. The lowest BCUT2D eigenvalue weighted by molar-refractivity contribution is 0.0734. The highest BCUT2D eigenvalue weighted by Crippen LogP contribution is 2.17. The summed E-state index contributed by atoms with van der Waals surface area (Å²) >= 11 is 5.98. The van der Waals surface area contributed by atoms with Crippen molar-refractivity contribution in [1.29, 1.82) is 0 Å². The number of hydrazone groups is 1. The number of rotatable bonds is 6. The summed E-state index contributed by atoms with van der Waals surface area (Å²) in [7, 11) is 1.55. The Labute approximate surface area is 172 Å². The highest BCUT2D eigenvalue weighted by atomic mass is 35.5. The van der Waals surface area contributed by atoms with Gasteiger partial charge >= 0.3 is 5.97 Å². The maximum absolute atomic E-state index is 12.3. The Morgan fingerprint density at radius 1 is 0.966 bits per heavy atom. The second-order valence-corrected chi connectivity index (χ2v) is 6.28. The van der Waals surface area contributed by atoms with E-state index < -0.39 is 11.9 Å². The lowest BCUT2D eigenvalue weighted by Gasteiger charge is -2.06. The molecule has 0 saturated carbocycles. The number of carbonyl (C=O) groups excluding carboxylic acids is 2. The topological polar surface area (TPSA) is 77.0 Å². The van der Waals surface area contributed by atoms with Crippen LogP contribution in [0.1, 0.15) is 26.3 Å². The molecule has 0 aromatic heterocycles. The van der Waals surface area contributed by atoms with Crippen LogP contribution in [0.2, 0.25) is 5.02 Å². The summed E-state index contributed by atoms with van der Waals surface area (Å²) in [6.45, 7) is 0. The van der Waals surface area contributed by atoms with E-state index in [0.29, 0.717) is 33.2 Å². The van der Waals surface area contributed by atoms with Gasteiger partial charge in [-0.2, -0.15) is 5.10 Å². The number of halogens is 1. The number of ether oxygens (including phenoxy) is 2. The van der Waals surface area contributed by atoms with Gasteiger partial charge in [0.2, 0.25) is 0 Å². The normalized spacial score (nSPS) is 10.6. The van der Waals surface area contributed by atoms with Crippen LogP contribution < -0.4 is 14.9 Å². The van der Waals surface area contributed by atoms with Crippen molar-refractivity contribution >= 4 is 29.7 Å². The maximum Gasteiger partial charge on any atom is 0.343 e. The Hall–Kier alpha value is -3.64. The smallest absolute Gasteiger partial charge is 0.343 e. The molecule has 0 aliphatic carbocycles. The van der Waals surface area contributed by atoms with Crippen LogP contribution in [0.5, 0.6) is 11.5 Å². The molecule has 0 saturated heterocycles.